The van der Waals surface area contributed by atoms with Crippen molar-refractivity contribution in [2.75, 3.05) is 13.1 Å². The Morgan fingerprint density at radius 3 is 2.77 bits per heavy atom. The van der Waals surface area contributed by atoms with Crippen molar-refractivity contribution >= 4 is 15.9 Å². The third-order valence-electron chi connectivity index (χ3n) is 4.58. The summed E-state index contributed by atoms with van der Waals surface area (Å²) in [7, 11) is -3.70. The highest BCUT2D eigenvalue weighted by molar-refractivity contribution is 7.89. The van der Waals surface area contributed by atoms with Gasteiger partial charge in [0.25, 0.3) is 0 Å². The second kappa shape index (κ2) is 5.66. The van der Waals surface area contributed by atoms with Gasteiger partial charge in [-0.15, -0.1) is 0 Å². The van der Waals surface area contributed by atoms with E-state index in [1.807, 2.05) is 6.92 Å². The number of aryl methyl sites for hydroxylation is 1. The lowest BCUT2D eigenvalue weighted by Gasteiger charge is -2.42. The Morgan fingerprint density at radius 1 is 1.36 bits per heavy atom. The maximum absolute atomic E-state index is 13.0. The fraction of sp³-hybridized carbons (Fsp3) is 0.714. The van der Waals surface area contributed by atoms with E-state index < -0.39 is 15.6 Å². The monoisotopic (exact) mass is 326 g/mol. The molecule has 0 radical (unpaired) electrons. The zero-order valence-corrected chi connectivity index (χ0v) is 13.6. The van der Waals surface area contributed by atoms with Crippen molar-refractivity contribution in [1.82, 2.24) is 19.4 Å². The van der Waals surface area contributed by atoms with Crippen molar-refractivity contribution in [3.05, 3.63) is 12.4 Å². The first-order chi connectivity index (χ1) is 10.5. The Morgan fingerprint density at radius 2 is 2.09 bits per heavy atom. The van der Waals surface area contributed by atoms with Crippen molar-refractivity contribution in [2.24, 2.45) is 0 Å². The summed E-state index contributed by atoms with van der Waals surface area (Å²) in [5.74, 6) is -0.152. The third-order valence-corrected chi connectivity index (χ3v) is 6.50. The van der Waals surface area contributed by atoms with Crippen molar-refractivity contribution in [3.8, 4) is 0 Å². The van der Waals surface area contributed by atoms with E-state index in [1.165, 1.54) is 10.5 Å². The standard InChI is InChI=1S/C14H22N4O3S/c1-2-8-17-11-12(10-16-17)22(20,21)18-9-7-15-13(19)14(18)5-3-4-6-14/h10-11H,2-9H2,1H3,(H,15,19). The number of nitrogens with zero attached hydrogens (tertiary/aromatic N) is 3. The maximum atomic E-state index is 13.0. The van der Waals surface area contributed by atoms with Gasteiger partial charge in [0.15, 0.2) is 0 Å². The Labute approximate surface area is 130 Å². The van der Waals surface area contributed by atoms with E-state index in [0.717, 1.165) is 19.3 Å². The van der Waals surface area contributed by atoms with Crippen molar-refractivity contribution in [1.29, 1.82) is 0 Å². The molecule has 2 aliphatic rings. The summed E-state index contributed by atoms with van der Waals surface area (Å²) in [6.07, 6.45) is 6.80. The van der Waals surface area contributed by atoms with Crippen LogP contribution in [0, 0.1) is 0 Å². The molecule has 1 aliphatic carbocycles. The predicted molar refractivity (Wildman–Crippen MR) is 80.6 cm³/mol. The Hall–Kier alpha value is -1.41. The number of hydrogen-bond donors (Lipinski definition) is 1. The van der Waals surface area contributed by atoms with Gasteiger partial charge in [0.2, 0.25) is 15.9 Å². The average Bonchev–Trinajstić information content (AvgIpc) is 3.13. The molecule has 1 saturated carbocycles. The molecule has 1 saturated heterocycles. The van der Waals surface area contributed by atoms with Crippen LogP contribution in [0.3, 0.4) is 0 Å². The van der Waals surface area contributed by atoms with E-state index in [1.54, 1.807) is 10.9 Å². The molecule has 1 spiro atoms. The van der Waals surface area contributed by atoms with E-state index in [0.29, 0.717) is 32.5 Å². The molecule has 1 aliphatic heterocycles. The van der Waals surface area contributed by atoms with Crippen molar-refractivity contribution in [2.45, 2.75) is 56.0 Å². The van der Waals surface area contributed by atoms with Crippen LogP contribution in [0.5, 0.6) is 0 Å². The fourth-order valence-electron chi connectivity index (χ4n) is 3.51. The normalized spacial score (nSPS) is 22.1. The summed E-state index contributed by atoms with van der Waals surface area (Å²) in [6, 6.07) is 0. The second-order valence-corrected chi connectivity index (χ2v) is 7.87. The Balaban J connectivity index is 1.97. The molecule has 2 fully saturated rings. The van der Waals surface area contributed by atoms with Gasteiger partial charge < -0.3 is 5.32 Å². The summed E-state index contributed by atoms with van der Waals surface area (Å²) in [6.45, 7) is 3.38. The van der Waals surface area contributed by atoms with Crippen molar-refractivity contribution in [3.63, 3.8) is 0 Å². The van der Waals surface area contributed by atoms with Gasteiger partial charge in [0, 0.05) is 25.8 Å². The molecule has 7 nitrogen and oxygen atoms in total. The Bertz CT molecular complexity index is 661. The molecule has 1 N–H and O–H groups in total. The lowest BCUT2D eigenvalue weighted by atomic mass is 9.94. The molecule has 0 aromatic carbocycles. The van der Waals surface area contributed by atoms with E-state index in [9.17, 15) is 13.2 Å². The van der Waals surface area contributed by atoms with Crippen LogP contribution in [0.2, 0.25) is 0 Å². The quantitative estimate of drug-likeness (QED) is 0.884. The van der Waals surface area contributed by atoms with Gasteiger partial charge >= 0.3 is 0 Å². The first-order valence-corrected chi connectivity index (χ1v) is 9.28. The molecule has 0 atom stereocenters. The molecule has 22 heavy (non-hydrogen) atoms. The minimum Gasteiger partial charge on any atom is -0.353 e. The highest BCUT2D eigenvalue weighted by Crippen LogP contribution is 2.39. The molecular formula is C14H22N4O3S. The van der Waals surface area contributed by atoms with Gasteiger partial charge in [-0.1, -0.05) is 19.8 Å². The van der Waals surface area contributed by atoms with E-state index in [4.69, 9.17) is 0 Å². The highest BCUT2D eigenvalue weighted by atomic mass is 32.2. The predicted octanol–water partition coefficient (Wildman–Crippen LogP) is 0.726. The molecule has 8 heteroatoms. The van der Waals surface area contributed by atoms with Gasteiger partial charge in [-0.2, -0.15) is 9.40 Å². The molecule has 3 rings (SSSR count). The Kier molecular flexibility index (Phi) is 3.98. The summed E-state index contributed by atoms with van der Waals surface area (Å²) < 4.78 is 29.1. The first kappa shape index (κ1) is 15.5. The van der Waals surface area contributed by atoms with Crippen LogP contribution in [-0.4, -0.2) is 47.0 Å². The van der Waals surface area contributed by atoms with Gasteiger partial charge in [0.05, 0.1) is 6.20 Å². The summed E-state index contributed by atoms with van der Waals surface area (Å²) in [4.78, 5) is 12.6. The van der Waals surface area contributed by atoms with Gasteiger partial charge in [-0.3, -0.25) is 9.48 Å². The zero-order chi connectivity index (χ0) is 15.8. The van der Waals surface area contributed by atoms with Crippen molar-refractivity contribution < 1.29 is 13.2 Å². The van der Waals surface area contributed by atoms with Crippen LogP contribution in [0.1, 0.15) is 39.0 Å². The minimum atomic E-state index is -3.70. The fourth-order valence-corrected chi connectivity index (χ4v) is 5.25. The number of sulfonamides is 1. The maximum Gasteiger partial charge on any atom is 0.247 e. The number of aromatic nitrogens is 2. The number of nitrogens with one attached hydrogen (secondary N) is 1. The minimum absolute atomic E-state index is 0.152. The molecule has 122 valence electrons. The number of carbonyl (C=O) groups is 1. The highest BCUT2D eigenvalue weighted by Gasteiger charge is 2.53. The largest absolute Gasteiger partial charge is 0.353 e. The third kappa shape index (κ3) is 2.34. The summed E-state index contributed by atoms with van der Waals surface area (Å²) in [5.41, 5.74) is -0.899. The van der Waals surface area contributed by atoms with Crippen LogP contribution >= 0.6 is 0 Å². The molecule has 1 amide bonds. The lowest BCUT2D eigenvalue weighted by Crippen LogP contribution is -2.64. The van der Waals surface area contributed by atoms with Crippen LogP contribution in [-0.2, 0) is 21.4 Å². The smallest absolute Gasteiger partial charge is 0.247 e. The first-order valence-electron chi connectivity index (χ1n) is 7.84. The van der Waals surface area contributed by atoms with Crippen LogP contribution in [0.4, 0.5) is 0 Å². The topological polar surface area (TPSA) is 84.3 Å². The lowest BCUT2D eigenvalue weighted by molar-refractivity contribution is -0.133. The summed E-state index contributed by atoms with van der Waals surface area (Å²) in [5, 5.41) is 6.94. The number of carbonyl (C=O) groups excluding carboxylic acids is 1. The van der Waals surface area contributed by atoms with Gasteiger partial charge in [-0.05, 0) is 19.3 Å². The molecule has 1 aromatic heterocycles. The molecule has 0 unspecified atom stereocenters. The summed E-state index contributed by atoms with van der Waals surface area (Å²) >= 11 is 0. The average molecular weight is 326 g/mol. The molecule has 2 heterocycles. The number of hydrogen-bond acceptors (Lipinski definition) is 4. The van der Waals surface area contributed by atoms with E-state index in [2.05, 4.69) is 10.4 Å². The number of piperazine rings is 1. The molecular weight excluding hydrogens is 304 g/mol. The van der Waals surface area contributed by atoms with Crippen LogP contribution < -0.4 is 5.32 Å². The van der Waals surface area contributed by atoms with Gasteiger partial charge in [-0.25, -0.2) is 8.42 Å². The number of amides is 1. The molecule has 0 bridgehead atoms. The number of rotatable bonds is 4. The second-order valence-electron chi connectivity index (χ2n) is 6.01. The van der Waals surface area contributed by atoms with Gasteiger partial charge in [0.1, 0.15) is 10.4 Å². The van der Waals surface area contributed by atoms with Crippen LogP contribution in [0.25, 0.3) is 0 Å². The van der Waals surface area contributed by atoms with E-state index >= 15 is 0 Å². The SMILES string of the molecule is CCCn1cc(S(=O)(=O)N2CCNC(=O)C23CCCC3)cn1. The van der Waals surface area contributed by atoms with E-state index in [-0.39, 0.29) is 10.8 Å². The molecule has 1 aromatic rings. The zero-order valence-electron chi connectivity index (χ0n) is 12.8. The van der Waals surface area contributed by atoms with Crippen LogP contribution in [0.15, 0.2) is 17.3 Å².